The molecule has 0 aromatic carbocycles. The molecule has 13 heteroatoms. The molecule has 0 saturated heterocycles. The van der Waals surface area contributed by atoms with Crippen molar-refractivity contribution in [3.05, 3.63) is 0 Å². The van der Waals surface area contributed by atoms with Gasteiger partial charge in [0.15, 0.2) is 0 Å². The van der Waals surface area contributed by atoms with E-state index in [1.54, 1.807) is 0 Å². The van der Waals surface area contributed by atoms with Gasteiger partial charge in [-0.3, -0.25) is 24.4 Å². The number of carbonyl (C=O) groups is 2. The van der Waals surface area contributed by atoms with Crippen molar-refractivity contribution < 1.29 is 47.3 Å². The van der Waals surface area contributed by atoms with Crippen LogP contribution < -0.4 is 5.73 Å². The normalized spacial score (nSPS) is 13.8. The van der Waals surface area contributed by atoms with Crippen molar-refractivity contribution in [2.75, 3.05) is 0 Å². The van der Waals surface area contributed by atoms with Gasteiger partial charge >= 0.3 is 27.6 Å². The van der Waals surface area contributed by atoms with Gasteiger partial charge in [0.1, 0.15) is 6.04 Å². The van der Waals surface area contributed by atoms with Crippen LogP contribution in [0.2, 0.25) is 0 Å². The second-order valence-electron chi connectivity index (χ2n) is 3.00. The van der Waals surface area contributed by atoms with Crippen molar-refractivity contribution in [3.8, 4) is 0 Å². The zero-order valence-electron chi connectivity index (χ0n) is 8.70. The summed E-state index contributed by atoms with van der Waals surface area (Å²) in [5.74, 6) is -2.77. The third kappa shape index (κ3) is 9.25. The van der Waals surface area contributed by atoms with E-state index < -0.39 is 46.5 Å². The smallest absolute Gasteiger partial charge is 0.371 e. The molecule has 0 aliphatic carbocycles. The fraction of sp³-hybridized carbons (Fsp3) is 0.600. The van der Waals surface area contributed by atoms with Crippen molar-refractivity contribution in [2.24, 2.45) is 5.73 Å². The number of phosphoric ester groups is 2. The first-order chi connectivity index (χ1) is 7.91. The third-order valence-corrected chi connectivity index (χ3v) is 2.25. The maximum absolute atomic E-state index is 10.9. The van der Waals surface area contributed by atoms with Gasteiger partial charge in [0.25, 0.3) is 0 Å². The highest BCUT2D eigenvalue weighted by Gasteiger charge is 2.27. The molecule has 0 rings (SSSR count). The minimum absolute atomic E-state index is 0.461. The number of phosphoric acid groups is 2. The molecule has 11 nitrogen and oxygen atoms in total. The monoisotopic (exact) mass is 307 g/mol. The molecule has 1 atom stereocenters. The Bertz CT molecular complexity index is 408. The number of nitrogens with two attached hydrogens (primary N) is 1. The second-order valence-corrected chi connectivity index (χ2v) is 5.33. The summed E-state index contributed by atoms with van der Waals surface area (Å²) in [6, 6.07) is -1.54. The van der Waals surface area contributed by atoms with Gasteiger partial charge in [-0.25, -0.2) is 13.9 Å². The average molecular weight is 307 g/mol. The molecule has 0 bridgehead atoms. The van der Waals surface area contributed by atoms with Gasteiger partial charge in [-0.15, -0.1) is 0 Å². The van der Waals surface area contributed by atoms with E-state index in [0.29, 0.717) is 0 Å². The van der Waals surface area contributed by atoms with Crippen LogP contribution in [0, 0.1) is 0 Å². The van der Waals surface area contributed by atoms with Crippen molar-refractivity contribution >= 4 is 27.6 Å². The molecule has 106 valence electrons. The molecule has 0 heterocycles. The van der Waals surface area contributed by atoms with Crippen LogP contribution in [0.5, 0.6) is 0 Å². The van der Waals surface area contributed by atoms with E-state index in [9.17, 15) is 18.7 Å². The Kier molecular flexibility index (Phi) is 6.11. The fourth-order valence-corrected chi connectivity index (χ4v) is 1.48. The maximum Gasteiger partial charge on any atom is 0.527 e. The summed E-state index contributed by atoms with van der Waals surface area (Å²) in [7, 11) is -10.00. The van der Waals surface area contributed by atoms with Gasteiger partial charge < -0.3 is 14.8 Å². The van der Waals surface area contributed by atoms with Gasteiger partial charge in [-0.1, -0.05) is 0 Å². The highest BCUT2D eigenvalue weighted by molar-refractivity contribution is 7.47. The van der Waals surface area contributed by atoms with Gasteiger partial charge in [0.05, 0.1) is 0 Å². The molecular weight excluding hydrogens is 296 g/mol. The molecule has 18 heavy (non-hydrogen) atoms. The lowest BCUT2D eigenvalue weighted by Gasteiger charge is -2.11. The van der Waals surface area contributed by atoms with Crippen molar-refractivity contribution in [3.63, 3.8) is 0 Å². The van der Waals surface area contributed by atoms with E-state index in [2.05, 4.69) is 9.05 Å². The van der Waals surface area contributed by atoms with Crippen LogP contribution in [0.3, 0.4) is 0 Å². The number of carbonyl (C=O) groups excluding carboxylic acids is 2. The van der Waals surface area contributed by atoms with E-state index in [-0.39, 0.29) is 0 Å². The first kappa shape index (κ1) is 17.2. The van der Waals surface area contributed by atoms with Gasteiger partial charge in [0.2, 0.25) is 0 Å². The lowest BCUT2D eigenvalue weighted by atomic mass is 10.2. The first-order valence-corrected chi connectivity index (χ1v) is 7.29. The number of hydrogen-bond donors (Lipinski definition) is 5. The maximum atomic E-state index is 10.9. The summed E-state index contributed by atoms with van der Waals surface area (Å²) < 4.78 is 27.8. The van der Waals surface area contributed by atoms with Gasteiger partial charge in [0, 0.05) is 6.42 Å². The lowest BCUT2D eigenvalue weighted by Crippen LogP contribution is -2.32. The number of rotatable bonds is 6. The predicted molar refractivity (Wildman–Crippen MR) is 53.5 cm³/mol. The van der Waals surface area contributed by atoms with Crippen LogP contribution in [-0.4, -0.2) is 37.6 Å². The Morgan fingerprint density at radius 3 is 1.89 bits per heavy atom. The summed E-state index contributed by atoms with van der Waals surface area (Å²) in [6.45, 7) is 0. The molecule has 0 aliphatic rings. The zero-order valence-corrected chi connectivity index (χ0v) is 10.5. The molecule has 0 saturated carbocycles. The van der Waals surface area contributed by atoms with Crippen LogP contribution in [0.15, 0.2) is 0 Å². The van der Waals surface area contributed by atoms with Gasteiger partial charge in [-0.05, 0) is 6.42 Å². The van der Waals surface area contributed by atoms with E-state index in [4.69, 9.17) is 25.3 Å². The highest BCUT2D eigenvalue weighted by Crippen LogP contribution is 2.37. The van der Waals surface area contributed by atoms with Crippen LogP contribution in [0.25, 0.3) is 0 Å². The summed E-state index contributed by atoms with van der Waals surface area (Å²) in [5, 5.41) is 0. The topological polar surface area (TPSA) is 194 Å². The summed E-state index contributed by atoms with van der Waals surface area (Å²) in [5.41, 5.74) is 5.12. The van der Waals surface area contributed by atoms with Crippen molar-refractivity contribution in [2.45, 2.75) is 18.9 Å². The van der Waals surface area contributed by atoms with Crippen molar-refractivity contribution in [1.29, 1.82) is 0 Å². The minimum atomic E-state index is -5.03. The average Bonchev–Trinajstić information content (AvgIpc) is 2.08. The minimum Gasteiger partial charge on any atom is -0.371 e. The molecule has 0 radical (unpaired) electrons. The van der Waals surface area contributed by atoms with Crippen molar-refractivity contribution in [1.82, 2.24) is 0 Å². The Hall–Kier alpha value is -0.800. The first-order valence-electron chi connectivity index (χ1n) is 4.23. The summed E-state index contributed by atoms with van der Waals surface area (Å²) in [4.78, 5) is 54.8. The van der Waals surface area contributed by atoms with E-state index in [0.717, 1.165) is 0 Å². The predicted octanol–water partition coefficient (Wildman–Crippen LogP) is -1.63. The molecular formula is C5H11NO10P2. The fourth-order valence-electron chi connectivity index (χ4n) is 0.754. The molecule has 0 aliphatic heterocycles. The molecule has 6 N–H and O–H groups in total. The van der Waals surface area contributed by atoms with Crippen LogP contribution in [-0.2, 0) is 27.8 Å². The van der Waals surface area contributed by atoms with Gasteiger partial charge in [-0.2, -0.15) is 0 Å². The molecule has 0 aromatic heterocycles. The van der Waals surface area contributed by atoms with E-state index in [1.807, 2.05) is 0 Å². The third-order valence-electron chi connectivity index (χ3n) is 1.39. The second kappa shape index (κ2) is 6.39. The zero-order chi connectivity index (χ0) is 14.6. The Labute approximate surface area is 100 Å². The molecule has 0 unspecified atom stereocenters. The lowest BCUT2D eigenvalue weighted by molar-refractivity contribution is -0.138. The largest absolute Gasteiger partial charge is 0.527 e. The number of hydrogen-bond acceptors (Lipinski definition) is 7. The Morgan fingerprint density at radius 1 is 1.06 bits per heavy atom. The molecule has 0 fully saturated rings. The quantitative estimate of drug-likeness (QED) is 0.353. The molecule has 0 amide bonds. The SMILES string of the molecule is N[C@@H](CCC(=O)OP(=O)(O)O)C(=O)OP(=O)(O)O. The van der Waals surface area contributed by atoms with Crippen LogP contribution in [0.1, 0.15) is 12.8 Å². The molecule has 0 aromatic rings. The molecule has 0 spiro atoms. The Morgan fingerprint density at radius 2 is 1.50 bits per heavy atom. The van der Waals surface area contributed by atoms with E-state index >= 15 is 0 Å². The standard InChI is InChI=1S/C5H11NO10P2/c6-3(5(8)16-18(12,13)14)1-2-4(7)15-17(9,10)11/h3H,1-2,6H2,(H2,9,10,11)(H2,12,13,14)/t3-/m0/s1. The Balaban J connectivity index is 4.15. The summed E-state index contributed by atoms with van der Waals surface area (Å²) >= 11 is 0. The van der Waals surface area contributed by atoms with E-state index in [1.165, 1.54) is 0 Å². The van der Waals surface area contributed by atoms with Crippen LogP contribution in [0.4, 0.5) is 0 Å². The highest BCUT2D eigenvalue weighted by atomic mass is 31.2. The van der Waals surface area contributed by atoms with Crippen LogP contribution >= 0.6 is 15.6 Å². The summed E-state index contributed by atoms with van der Waals surface area (Å²) in [6.07, 6.45) is -1.10.